The van der Waals surface area contributed by atoms with Gasteiger partial charge >= 0.3 is 0 Å². The number of morpholine rings is 1. The van der Waals surface area contributed by atoms with Crippen molar-refractivity contribution in [2.45, 2.75) is 11.3 Å². The molecular formula is C18H22N2O3S. The van der Waals surface area contributed by atoms with E-state index in [9.17, 15) is 8.42 Å². The van der Waals surface area contributed by atoms with E-state index in [0.29, 0.717) is 5.69 Å². The molecule has 0 aromatic heterocycles. The van der Waals surface area contributed by atoms with Gasteiger partial charge in [-0.25, -0.2) is 8.42 Å². The summed E-state index contributed by atoms with van der Waals surface area (Å²) in [7, 11) is -3.53. The minimum atomic E-state index is -3.53. The van der Waals surface area contributed by atoms with E-state index in [4.69, 9.17) is 4.74 Å². The Morgan fingerprint density at radius 2 is 1.62 bits per heavy atom. The summed E-state index contributed by atoms with van der Waals surface area (Å²) in [6, 6.07) is 16.0. The molecule has 1 N–H and O–H groups in total. The van der Waals surface area contributed by atoms with Crippen molar-refractivity contribution in [3.63, 3.8) is 0 Å². The summed E-state index contributed by atoms with van der Waals surface area (Å²) in [4.78, 5) is 2.65. The van der Waals surface area contributed by atoms with Gasteiger partial charge in [-0.1, -0.05) is 30.3 Å². The zero-order valence-corrected chi connectivity index (χ0v) is 14.3. The first-order valence-electron chi connectivity index (χ1n) is 8.10. The number of ether oxygens (including phenoxy) is 1. The summed E-state index contributed by atoms with van der Waals surface area (Å²) in [6.45, 7) is 4.57. The average Bonchev–Trinajstić information content (AvgIpc) is 2.62. The number of nitrogens with one attached hydrogen (secondary N) is 1. The molecule has 0 radical (unpaired) electrons. The molecule has 1 aliphatic heterocycles. The van der Waals surface area contributed by atoms with Gasteiger partial charge in [-0.05, 0) is 36.2 Å². The Morgan fingerprint density at radius 1 is 0.958 bits per heavy atom. The average molecular weight is 346 g/mol. The van der Waals surface area contributed by atoms with E-state index in [1.807, 2.05) is 24.3 Å². The third kappa shape index (κ3) is 4.56. The highest BCUT2D eigenvalue weighted by Crippen LogP contribution is 2.16. The molecule has 1 aliphatic rings. The minimum absolute atomic E-state index is 0.265. The lowest BCUT2D eigenvalue weighted by atomic mass is 10.1. The lowest BCUT2D eigenvalue weighted by molar-refractivity contribution is 0.0384. The van der Waals surface area contributed by atoms with Crippen LogP contribution >= 0.6 is 0 Å². The SMILES string of the molecule is O=S(=O)(Nc1ccc(CCN2CCOCC2)cc1)c1ccccc1. The Labute approximate surface area is 143 Å². The van der Waals surface area contributed by atoms with Crippen LogP contribution in [0.5, 0.6) is 0 Å². The van der Waals surface area contributed by atoms with Gasteiger partial charge in [0.25, 0.3) is 10.0 Å². The molecular weight excluding hydrogens is 324 g/mol. The summed E-state index contributed by atoms with van der Waals surface area (Å²) >= 11 is 0. The van der Waals surface area contributed by atoms with Crippen LogP contribution in [0, 0.1) is 0 Å². The molecule has 2 aromatic rings. The number of nitrogens with zero attached hydrogens (tertiary/aromatic N) is 1. The van der Waals surface area contributed by atoms with Crippen molar-refractivity contribution in [3.8, 4) is 0 Å². The second kappa shape index (κ2) is 7.79. The fourth-order valence-electron chi connectivity index (χ4n) is 2.67. The zero-order chi connectivity index (χ0) is 16.8. The van der Waals surface area contributed by atoms with E-state index in [1.54, 1.807) is 30.3 Å². The fourth-order valence-corrected chi connectivity index (χ4v) is 3.74. The number of sulfonamides is 1. The molecule has 6 heteroatoms. The normalized spacial score (nSPS) is 16.0. The summed E-state index contributed by atoms with van der Waals surface area (Å²) < 4.78 is 32.5. The molecule has 0 spiro atoms. The molecule has 0 bridgehead atoms. The third-order valence-corrected chi connectivity index (χ3v) is 5.48. The van der Waals surface area contributed by atoms with Gasteiger partial charge in [-0.15, -0.1) is 0 Å². The van der Waals surface area contributed by atoms with Gasteiger partial charge in [0.15, 0.2) is 0 Å². The summed E-state index contributed by atoms with van der Waals surface area (Å²) in [5.74, 6) is 0. The summed E-state index contributed by atoms with van der Waals surface area (Å²) in [5, 5.41) is 0. The zero-order valence-electron chi connectivity index (χ0n) is 13.5. The maximum Gasteiger partial charge on any atom is 0.261 e. The van der Waals surface area contributed by atoms with E-state index in [0.717, 1.165) is 39.3 Å². The molecule has 0 saturated carbocycles. The monoisotopic (exact) mass is 346 g/mol. The van der Waals surface area contributed by atoms with E-state index in [-0.39, 0.29) is 4.90 Å². The number of anilines is 1. The molecule has 0 unspecified atom stereocenters. The van der Waals surface area contributed by atoms with E-state index >= 15 is 0 Å². The molecule has 5 nitrogen and oxygen atoms in total. The van der Waals surface area contributed by atoms with Crippen LogP contribution in [-0.4, -0.2) is 46.2 Å². The predicted molar refractivity (Wildman–Crippen MR) is 94.7 cm³/mol. The van der Waals surface area contributed by atoms with Gasteiger partial charge in [0.2, 0.25) is 0 Å². The second-order valence-corrected chi connectivity index (χ2v) is 7.50. The van der Waals surface area contributed by atoms with Gasteiger partial charge in [0, 0.05) is 25.3 Å². The number of hydrogen-bond donors (Lipinski definition) is 1. The van der Waals surface area contributed by atoms with E-state index < -0.39 is 10.0 Å². The topological polar surface area (TPSA) is 58.6 Å². The highest BCUT2D eigenvalue weighted by molar-refractivity contribution is 7.92. The van der Waals surface area contributed by atoms with Crippen LogP contribution in [0.4, 0.5) is 5.69 Å². The van der Waals surface area contributed by atoms with Gasteiger partial charge < -0.3 is 4.74 Å². The predicted octanol–water partition coefficient (Wildman–Crippen LogP) is 2.36. The first kappa shape index (κ1) is 17.0. The van der Waals surface area contributed by atoms with E-state index in [2.05, 4.69) is 9.62 Å². The molecule has 2 aromatic carbocycles. The van der Waals surface area contributed by atoms with E-state index in [1.165, 1.54) is 5.56 Å². The first-order valence-corrected chi connectivity index (χ1v) is 9.59. The standard InChI is InChI=1S/C18H22N2O3S/c21-24(22,18-4-2-1-3-5-18)19-17-8-6-16(7-9-17)10-11-20-12-14-23-15-13-20/h1-9,19H,10-15H2. The van der Waals surface area contributed by atoms with Crippen LogP contribution in [0.15, 0.2) is 59.5 Å². The molecule has 3 rings (SSSR count). The van der Waals surface area contributed by atoms with Gasteiger partial charge in [0.05, 0.1) is 18.1 Å². The molecule has 1 heterocycles. The van der Waals surface area contributed by atoms with Crippen LogP contribution in [0.25, 0.3) is 0 Å². The Balaban J connectivity index is 1.58. The number of hydrogen-bond acceptors (Lipinski definition) is 4. The third-order valence-electron chi connectivity index (χ3n) is 4.08. The van der Waals surface area contributed by atoms with Crippen LogP contribution in [-0.2, 0) is 21.2 Å². The quantitative estimate of drug-likeness (QED) is 0.872. The summed E-state index contributed by atoms with van der Waals surface area (Å²) in [6.07, 6.45) is 0.950. The van der Waals surface area contributed by atoms with Crippen LogP contribution < -0.4 is 4.72 Å². The number of rotatable bonds is 6. The van der Waals surface area contributed by atoms with Crippen molar-refractivity contribution < 1.29 is 13.2 Å². The van der Waals surface area contributed by atoms with Crippen LogP contribution in [0.3, 0.4) is 0 Å². The van der Waals surface area contributed by atoms with Crippen LogP contribution in [0.2, 0.25) is 0 Å². The molecule has 128 valence electrons. The number of benzene rings is 2. The fraction of sp³-hybridized carbons (Fsp3) is 0.333. The Hall–Kier alpha value is -1.89. The molecule has 0 atom stereocenters. The smallest absolute Gasteiger partial charge is 0.261 e. The van der Waals surface area contributed by atoms with Crippen molar-refractivity contribution in [3.05, 3.63) is 60.2 Å². The van der Waals surface area contributed by atoms with Crippen molar-refractivity contribution in [2.75, 3.05) is 37.6 Å². The van der Waals surface area contributed by atoms with Crippen molar-refractivity contribution in [1.29, 1.82) is 0 Å². The van der Waals surface area contributed by atoms with Crippen molar-refractivity contribution in [1.82, 2.24) is 4.90 Å². The highest BCUT2D eigenvalue weighted by atomic mass is 32.2. The highest BCUT2D eigenvalue weighted by Gasteiger charge is 2.13. The maximum absolute atomic E-state index is 12.3. The molecule has 0 amide bonds. The van der Waals surface area contributed by atoms with Crippen molar-refractivity contribution >= 4 is 15.7 Å². The van der Waals surface area contributed by atoms with Gasteiger partial charge in [-0.3, -0.25) is 9.62 Å². The van der Waals surface area contributed by atoms with Crippen molar-refractivity contribution in [2.24, 2.45) is 0 Å². The first-order chi connectivity index (χ1) is 11.6. The Morgan fingerprint density at radius 3 is 2.29 bits per heavy atom. The maximum atomic E-state index is 12.3. The lowest BCUT2D eigenvalue weighted by Crippen LogP contribution is -2.37. The Kier molecular flexibility index (Phi) is 5.50. The summed E-state index contributed by atoms with van der Waals surface area (Å²) in [5.41, 5.74) is 1.78. The molecule has 1 saturated heterocycles. The molecule has 1 fully saturated rings. The molecule has 24 heavy (non-hydrogen) atoms. The van der Waals surface area contributed by atoms with Gasteiger partial charge in [0.1, 0.15) is 0 Å². The largest absolute Gasteiger partial charge is 0.379 e. The lowest BCUT2D eigenvalue weighted by Gasteiger charge is -2.26. The van der Waals surface area contributed by atoms with Gasteiger partial charge in [-0.2, -0.15) is 0 Å². The minimum Gasteiger partial charge on any atom is -0.379 e. The van der Waals surface area contributed by atoms with Crippen LogP contribution in [0.1, 0.15) is 5.56 Å². The molecule has 0 aliphatic carbocycles. The Bertz CT molecular complexity index is 740. The second-order valence-electron chi connectivity index (χ2n) is 5.82.